The van der Waals surface area contributed by atoms with Crippen LogP contribution in [0.25, 0.3) is 0 Å². The topological polar surface area (TPSA) is 72.0 Å². The second-order valence-corrected chi connectivity index (χ2v) is 7.43. The molecule has 9 heteroatoms. The Morgan fingerprint density at radius 3 is 2.56 bits per heavy atom. The van der Waals surface area contributed by atoms with Gasteiger partial charge in [-0.05, 0) is 60.2 Å². The van der Waals surface area contributed by atoms with E-state index in [1.807, 2.05) is 0 Å². The molecule has 6 nitrogen and oxygen atoms in total. The molecule has 3 aromatic rings. The molecule has 0 spiro atoms. The number of methoxy groups -OCH3 is 1. The number of hydrazone groups is 1. The van der Waals surface area contributed by atoms with Crippen molar-refractivity contribution >= 4 is 41.0 Å². The van der Waals surface area contributed by atoms with Gasteiger partial charge in [0.2, 0.25) is 0 Å². The van der Waals surface area contributed by atoms with Crippen molar-refractivity contribution in [2.24, 2.45) is 5.10 Å². The summed E-state index contributed by atoms with van der Waals surface area (Å²) in [5.74, 6) is 0.342. The quantitative estimate of drug-likeness (QED) is 0.326. The van der Waals surface area contributed by atoms with Crippen molar-refractivity contribution in [3.63, 3.8) is 0 Å². The van der Waals surface area contributed by atoms with Crippen LogP contribution in [-0.2, 0) is 11.4 Å². The third-order valence-corrected chi connectivity index (χ3v) is 4.87. The standard InChI is InChI=1S/C23H20Cl2FN3O3/c1-31-22-10-15(2-9-21(22)32-14-16-3-4-17(24)11-20(16)25)12-28-29-23(30)13-27-19-7-5-18(26)6-8-19/h2-12,27H,13-14H2,1H3,(H,29,30)/b28-12+. The largest absolute Gasteiger partial charge is 0.493 e. The van der Waals surface area contributed by atoms with E-state index in [-0.39, 0.29) is 24.9 Å². The third-order valence-electron chi connectivity index (χ3n) is 4.29. The molecule has 1 amide bonds. The van der Waals surface area contributed by atoms with Crippen molar-refractivity contribution in [2.75, 3.05) is 19.0 Å². The molecule has 0 aromatic heterocycles. The second kappa shape index (κ2) is 11.4. The molecule has 0 aliphatic carbocycles. The zero-order valence-electron chi connectivity index (χ0n) is 17.1. The number of halogens is 3. The Labute approximate surface area is 194 Å². The first kappa shape index (κ1) is 23.4. The Bertz CT molecular complexity index is 1110. The lowest BCUT2D eigenvalue weighted by atomic mass is 10.2. The average Bonchev–Trinajstić information content (AvgIpc) is 2.78. The first-order chi connectivity index (χ1) is 15.4. The van der Waals surface area contributed by atoms with E-state index in [0.29, 0.717) is 32.8 Å². The van der Waals surface area contributed by atoms with E-state index in [1.165, 1.54) is 25.5 Å². The van der Waals surface area contributed by atoms with Crippen LogP contribution < -0.4 is 20.2 Å². The van der Waals surface area contributed by atoms with Crippen LogP contribution >= 0.6 is 23.2 Å². The minimum atomic E-state index is -0.350. The molecule has 0 saturated carbocycles. The Hall–Kier alpha value is -3.29. The number of carbonyl (C=O) groups is 1. The minimum absolute atomic E-state index is 0.00761. The van der Waals surface area contributed by atoms with Gasteiger partial charge < -0.3 is 14.8 Å². The van der Waals surface area contributed by atoms with Gasteiger partial charge in [0.1, 0.15) is 12.4 Å². The molecule has 0 atom stereocenters. The average molecular weight is 476 g/mol. The van der Waals surface area contributed by atoms with Crippen molar-refractivity contribution in [3.05, 3.63) is 87.7 Å². The summed E-state index contributed by atoms with van der Waals surface area (Å²) < 4.78 is 24.1. The molecule has 3 rings (SSSR count). The normalized spacial score (nSPS) is 10.8. The smallest absolute Gasteiger partial charge is 0.259 e. The van der Waals surface area contributed by atoms with Crippen molar-refractivity contribution in [1.29, 1.82) is 0 Å². The van der Waals surface area contributed by atoms with Gasteiger partial charge in [0.25, 0.3) is 5.91 Å². The SMILES string of the molecule is COc1cc(/C=N/NC(=O)CNc2ccc(F)cc2)ccc1OCc1ccc(Cl)cc1Cl. The lowest BCUT2D eigenvalue weighted by molar-refractivity contribution is -0.119. The molecule has 0 fully saturated rings. The molecule has 0 unspecified atom stereocenters. The number of rotatable bonds is 9. The number of hydrogen-bond donors (Lipinski definition) is 2. The first-order valence-electron chi connectivity index (χ1n) is 9.50. The predicted octanol–water partition coefficient (Wildman–Crippen LogP) is 5.28. The number of ether oxygens (including phenoxy) is 2. The van der Waals surface area contributed by atoms with Gasteiger partial charge in [-0.2, -0.15) is 5.10 Å². The fourth-order valence-electron chi connectivity index (χ4n) is 2.65. The van der Waals surface area contributed by atoms with Crippen LogP contribution in [0.4, 0.5) is 10.1 Å². The molecule has 2 N–H and O–H groups in total. The highest BCUT2D eigenvalue weighted by Gasteiger charge is 2.08. The summed E-state index contributed by atoms with van der Waals surface area (Å²) in [6.07, 6.45) is 1.48. The van der Waals surface area contributed by atoms with Gasteiger partial charge in [0, 0.05) is 21.3 Å². The fourth-order valence-corrected chi connectivity index (χ4v) is 3.11. The maximum absolute atomic E-state index is 12.9. The highest BCUT2D eigenvalue weighted by Crippen LogP contribution is 2.29. The third kappa shape index (κ3) is 6.87. The predicted molar refractivity (Wildman–Crippen MR) is 124 cm³/mol. The molecule has 0 saturated heterocycles. The van der Waals surface area contributed by atoms with E-state index in [0.717, 1.165) is 5.56 Å². The molecule has 0 heterocycles. The van der Waals surface area contributed by atoms with Gasteiger partial charge in [-0.3, -0.25) is 4.79 Å². The van der Waals surface area contributed by atoms with Crippen molar-refractivity contribution in [1.82, 2.24) is 5.43 Å². The summed E-state index contributed by atoms with van der Waals surface area (Å²) >= 11 is 12.1. The molecule has 0 radical (unpaired) electrons. The monoisotopic (exact) mass is 475 g/mol. The highest BCUT2D eigenvalue weighted by molar-refractivity contribution is 6.35. The number of benzene rings is 3. The number of amides is 1. The van der Waals surface area contributed by atoms with Crippen LogP contribution in [0.3, 0.4) is 0 Å². The van der Waals surface area contributed by atoms with Crippen LogP contribution in [0.2, 0.25) is 10.0 Å². The fraction of sp³-hybridized carbons (Fsp3) is 0.130. The Kier molecular flexibility index (Phi) is 8.30. The van der Waals surface area contributed by atoms with E-state index in [4.69, 9.17) is 32.7 Å². The number of nitrogens with zero attached hydrogens (tertiary/aromatic N) is 1. The summed E-state index contributed by atoms with van der Waals surface area (Å²) in [6.45, 7) is 0.239. The summed E-state index contributed by atoms with van der Waals surface area (Å²) in [5, 5.41) is 7.88. The zero-order chi connectivity index (χ0) is 22.9. The van der Waals surface area contributed by atoms with Crippen molar-refractivity contribution in [3.8, 4) is 11.5 Å². The van der Waals surface area contributed by atoms with Crippen molar-refractivity contribution < 1.29 is 18.7 Å². The maximum atomic E-state index is 12.9. The molecular weight excluding hydrogens is 456 g/mol. The van der Waals surface area contributed by atoms with Crippen LogP contribution in [0.5, 0.6) is 11.5 Å². The van der Waals surface area contributed by atoms with Crippen LogP contribution in [0.1, 0.15) is 11.1 Å². The minimum Gasteiger partial charge on any atom is -0.493 e. The Morgan fingerprint density at radius 1 is 1.06 bits per heavy atom. The Balaban J connectivity index is 1.53. The van der Waals surface area contributed by atoms with Gasteiger partial charge in [-0.25, -0.2) is 9.82 Å². The van der Waals surface area contributed by atoms with Gasteiger partial charge >= 0.3 is 0 Å². The van der Waals surface area contributed by atoms with E-state index in [9.17, 15) is 9.18 Å². The highest BCUT2D eigenvalue weighted by atomic mass is 35.5. The van der Waals surface area contributed by atoms with Crippen LogP contribution in [0, 0.1) is 5.82 Å². The summed E-state index contributed by atoms with van der Waals surface area (Å²) in [4.78, 5) is 11.9. The zero-order valence-corrected chi connectivity index (χ0v) is 18.6. The van der Waals surface area contributed by atoms with Crippen molar-refractivity contribution in [2.45, 2.75) is 6.61 Å². The first-order valence-corrected chi connectivity index (χ1v) is 10.3. The summed E-state index contributed by atoms with van der Waals surface area (Å²) in [5.41, 5.74) is 4.54. The molecule has 3 aromatic carbocycles. The van der Waals surface area contributed by atoms with Gasteiger partial charge in [0.05, 0.1) is 19.9 Å². The van der Waals surface area contributed by atoms with Gasteiger partial charge in [-0.15, -0.1) is 0 Å². The molecule has 0 aliphatic heterocycles. The van der Waals surface area contributed by atoms with Crippen LogP contribution in [0.15, 0.2) is 65.8 Å². The van der Waals surface area contributed by atoms with E-state index >= 15 is 0 Å². The van der Waals surface area contributed by atoms with Gasteiger partial charge in [-0.1, -0.05) is 29.3 Å². The lowest BCUT2D eigenvalue weighted by Crippen LogP contribution is -2.25. The molecular formula is C23H20Cl2FN3O3. The van der Waals surface area contributed by atoms with E-state index < -0.39 is 0 Å². The molecule has 0 bridgehead atoms. The Morgan fingerprint density at radius 2 is 1.84 bits per heavy atom. The number of carbonyl (C=O) groups excluding carboxylic acids is 1. The lowest BCUT2D eigenvalue weighted by Gasteiger charge is -2.12. The number of nitrogens with one attached hydrogen (secondary N) is 2. The summed E-state index contributed by atoms with van der Waals surface area (Å²) in [7, 11) is 1.53. The summed E-state index contributed by atoms with van der Waals surface area (Å²) in [6, 6.07) is 16.1. The second-order valence-electron chi connectivity index (χ2n) is 6.59. The maximum Gasteiger partial charge on any atom is 0.259 e. The number of anilines is 1. The molecule has 166 valence electrons. The van der Waals surface area contributed by atoms with Gasteiger partial charge in [0.15, 0.2) is 11.5 Å². The van der Waals surface area contributed by atoms with Crippen LogP contribution in [-0.4, -0.2) is 25.8 Å². The molecule has 0 aliphatic rings. The van der Waals surface area contributed by atoms with E-state index in [2.05, 4.69) is 15.8 Å². The molecule has 32 heavy (non-hydrogen) atoms. The number of hydrogen-bond acceptors (Lipinski definition) is 5. The van der Waals surface area contributed by atoms with E-state index in [1.54, 1.807) is 48.5 Å².